The van der Waals surface area contributed by atoms with E-state index >= 15 is 0 Å². The number of carbonyl (C=O) groups is 1. The van der Waals surface area contributed by atoms with Gasteiger partial charge in [0.05, 0.1) is 62.4 Å². The number of aliphatic hydroxyl groups is 2. The molecular formula is C54H77NO16S. The van der Waals surface area contributed by atoms with Crippen LogP contribution in [0.1, 0.15) is 93.9 Å². The van der Waals surface area contributed by atoms with E-state index in [9.17, 15) is 23.4 Å². The Labute approximate surface area is 426 Å². The van der Waals surface area contributed by atoms with E-state index in [0.29, 0.717) is 30.4 Å². The predicted molar refractivity (Wildman–Crippen MR) is 264 cm³/mol. The highest BCUT2D eigenvalue weighted by Crippen LogP contribution is 2.47. The molecule has 18 heteroatoms. The molecule has 1 spiro atoms. The van der Waals surface area contributed by atoms with E-state index in [2.05, 4.69) is 44.8 Å². The van der Waals surface area contributed by atoms with E-state index in [1.54, 1.807) is 33.1 Å². The van der Waals surface area contributed by atoms with Gasteiger partial charge in [-0.3, -0.25) is 4.79 Å². The van der Waals surface area contributed by atoms with Crippen molar-refractivity contribution in [2.24, 2.45) is 23.7 Å². The lowest BCUT2D eigenvalue weighted by Gasteiger charge is -2.48. The average Bonchev–Trinajstić information content (AvgIpc) is 3.68. The summed E-state index contributed by atoms with van der Waals surface area (Å²) in [7, 11) is -1.28. The predicted octanol–water partition coefficient (Wildman–Crippen LogP) is 5.21. The molecule has 2 bridgehead atoms. The molecule has 72 heavy (non-hydrogen) atoms. The summed E-state index contributed by atoms with van der Waals surface area (Å²) in [5.74, 6) is 1.81. The fraction of sp³-hybridized carbons (Fsp3) is 0.722. The molecule has 1 aliphatic carbocycles. The van der Waals surface area contributed by atoms with Crippen molar-refractivity contribution in [3.05, 3.63) is 59.3 Å². The minimum atomic E-state index is -4.34. The molecule has 6 heterocycles. The molecule has 4 fully saturated rings. The Balaban J connectivity index is 1.12. The molecule has 0 aromatic carbocycles. The van der Waals surface area contributed by atoms with Gasteiger partial charge in [-0.1, -0.05) is 82.4 Å². The van der Waals surface area contributed by atoms with Crippen molar-refractivity contribution in [2.75, 3.05) is 33.9 Å². The quantitative estimate of drug-likeness (QED) is 0.138. The van der Waals surface area contributed by atoms with Crippen LogP contribution in [0, 0.1) is 48.4 Å². The molecule has 0 saturated carbocycles. The largest absolute Gasteiger partial charge is 0.462 e. The number of rotatable bonds is 13. The summed E-state index contributed by atoms with van der Waals surface area (Å²) in [5, 5.41) is 23.8. The number of esters is 1. The van der Waals surface area contributed by atoms with Crippen LogP contribution in [0.5, 0.6) is 0 Å². The molecule has 1 unspecified atom stereocenters. The van der Waals surface area contributed by atoms with Crippen molar-refractivity contribution >= 4 is 16.3 Å². The Bertz CT molecular complexity index is 2250. The van der Waals surface area contributed by atoms with Crippen LogP contribution in [0.3, 0.4) is 0 Å². The number of allylic oxidation sites excluding steroid dienone is 2. The van der Waals surface area contributed by atoms with Crippen molar-refractivity contribution in [3.8, 4) is 24.7 Å². The number of aliphatic hydroxyl groups excluding tert-OH is 1. The highest BCUT2D eigenvalue weighted by Gasteiger charge is 2.60. The summed E-state index contributed by atoms with van der Waals surface area (Å²) in [6, 6.07) is 0. The molecule has 2 N–H and O–H groups in total. The Morgan fingerprint density at radius 1 is 0.903 bits per heavy atom. The minimum Gasteiger partial charge on any atom is -0.462 e. The summed E-state index contributed by atoms with van der Waals surface area (Å²) in [5.41, 5.74) is -0.00883. The number of fused-ring (bicyclic) bond motifs is 2. The molecule has 4 saturated heterocycles. The van der Waals surface area contributed by atoms with Gasteiger partial charge in [-0.2, -0.15) is 12.7 Å². The van der Waals surface area contributed by atoms with Crippen LogP contribution in [0.2, 0.25) is 0 Å². The van der Waals surface area contributed by atoms with Gasteiger partial charge in [0.1, 0.15) is 42.0 Å². The van der Waals surface area contributed by atoms with Crippen molar-refractivity contribution in [3.63, 3.8) is 0 Å². The van der Waals surface area contributed by atoms with E-state index in [1.807, 2.05) is 39.0 Å². The highest BCUT2D eigenvalue weighted by atomic mass is 32.2. The number of hydrogen-bond donors (Lipinski definition) is 2. The molecule has 0 radical (unpaired) electrons. The van der Waals surface area contributed by atoms with Crippen LogP contribution in [0.15, 0.2) is 59.3 Å². The Kier molecular flexibility index (Phi) is 18.6. The van der Waals surface area contributed by atoms with Gasteiger partial charge in [0.2, 0.25) is 0 Å². The van der Waals surface area contributed by atoms with Gasteiger partial charge in [0.25, 0.3) is 0 Å². The van der Waals surface area contributed by atoms with Crippen molar-refractivity contribution in [1.29, 1.82) is 0 Å². The van der Waals surface area contributed by atoms with E-state index in [4.69, 9.17) is 64.4 Å². The summed E-state index contributed by atoms with van der Waals surface area (Å²) in [4.78, 5) is 14.4. The monoisotopic (exact) mass is 1030 g/mol. The van der Waals surface area contributed by atoms with Crippen LogP contribution in [0.25, 0.3) is 0 Å². The van der Waals surface area contributed by atoms with Gasteiger partial charge in [-0.25, -0.2) is 4.18 Å². The first kappa shape index (κ1) is 56.4. The van der Waals surface area contributed by atoms with Crippen LogP contribution in [-0.4, -0.2) is 160 Å². The lowest BCUT2D eigenvalue weighted by Crippen LogP contribution is -2.58. The first-order valence-corrected chi connectivity index (χ1v) is 26.8. The Morgan fingerprint density at radius 2 is 1.56 bits per heavy atom. The molecule has 20 atom stereocenters. The third-order valence-electron chi connectivity index (χ3n) is 15.6. The molecule has 17 nitrogen and oxygen atoms in total. The SMILES string of the molecule is C#CCN(CC#C)S(=O)(=O)O[C@H]1[C@H](C)O[C@@H](O[C@H]2[C@H](C)O[C@@H](O[C@@H]3C(C)=CC[C@@H]4C[C@@H](C[C@]5(C=C[C@H](C)[C@@H](C(C)CC)O5)O4)OC(=O)[C@@H]4C=C(C)[C@@H](O)[C@H]5OCC(=CC=C[C@@H]3C)[C@]54O)C[C@@H]2OC)C[C@@H]1OC. The van der Waals surface area contributed by atoms with Crippen molar-refractivity contribution < 1.29 is 75.0 Å². The van der Waals surface area contributed by atoms with Gasteiger partial charge in [-0.15, -0.1) is 12.8 Å². The summed E-state index contributed by atoms with van der Waals surface area (Å²) in [6.45, 7) is 15.2. The number of hydrogen-bond acceptors (Lipinski definition) is 16. The zero-order chi connectivity index (χ0) is 52.3. The van der Waals surface area contributed by atoms with Gasteiger partial charge < -0.3 is 57.6 Å². The number of nitrogens with zero attached hydrogens (tertiary/aromatic N) is 1. The highest BCUT2D eigenvalue weighted by molar-refractivity contribution is 7.84. The molecule has 0 aromatic rings. The molecule has 0 aromatic heterocycles. The van der Waals surface area contributed by atoms with Gasteiger partial charge >= 0.3 is 16.3 Å². The number of methoxy groups -OCH3 is 2. The lowest BCUT2D eigenvalue weighted by molar-refractivity contribution is -0.317. The second-order valence-corrected chi connectivity index (χ2v) is 22.2. The van der Waals surface area contributed by atoms with E-state index in [0.717, 1.165) is 16.3 Å². The summed E-state index contributed by atoms with van der Waals surface area (Å²) < 4.78 is 97.2. The standard InChI is InChI=1S/C54H77NO16S/c1-13-23-55(24-14-2)72(59,60)71-50-37(10)65-45(28-43(50)62-12)68-49-36(9)64-44(27-42(49)61-11)67-47-32(5)17-16-18-38-30-63-51-46(56)35(8)25-41(54(38,51)58)52(57)66-40-26-39(20-19-33(47)6)69-53(29-40)22-21-34(7)48(70-53)31(4)15-3/h1-2,16-19,21-22,25,31-32,34,36-37,39-51,56,58H,15,20,23-24,26-30H2,3-12H3/t31?,32-,34-,36-,37-,39+,40-,41-,42-,43-,44-,45-,46+,47-,48+,49-,50-,51+,53+,54+/m0/s1. The third kappa shape index (κ3) is 12.0. The topological polar surface area (TPSA) is 196 Å². The number of ether oxygens (including phenoxy) is 10. The van der Waals surface area contributed by atoms with E-state index < -0.39 is 113 Å². The molecular weight excluding hydrogens is 951 g/mol. The van der Waals surface area contributed by atoms with Crippen molar-refractivity contribution in [1.82, 2.24) is 4.31 Å². The maximum Gasteiger partial charge on any atom is 0.340 e. The normalized spacial score (nSPS) is 42.1. The second-order valence-electron chi connectivity index (χ2n) is 20.7. The van der Waals surface area contributed by atoms with Crippen LogP contribution in [-0.2, 0) is 66.7 Å². The number of terminal acetylenes is 2. The van der Waals surface area contributed by atoms with Crippen LogP contribution < -0.4 is 0 Å². The van der Waals surface area contributed by atoms with Gasteiger partial charge in [-0.05, 0) is 62.8 Å². The number of carbonyl (C=O) groups excluding carboxylic acids is 1. The summed E-state index contributed by atoms with van der Waals surface area (Å²) in [6.07, 6.45) is 16.8. The first-order valence-electron chi connectivity index (χ1n) is 25.4. The Hall–Kier alpha value is -3.28. The maximum atomic E-state index is 14.4. The minimum absolute atomic E-state index is 0.00131. The maximum absolute atomic E-state index is 14.4. The molecule has 400 valence electrons. The second kappa shape index (κ2) is 23.7. The third-order valence-corrected chi connectivity index (χ3v) is 16.9. The van der Waals surface area contributed by atoms with Gasteiger partial charge in [0, 0.05) is 51.7 Å². The molecule has 6 aliphatic heterocycles. The molecule has 7 aliphatic rings. The molecule has 0 amide bonds. The zero-order valence-electron chi connectivity index (χ0n) is 43.4. The fourth-order valence-corrected chi connectivity index (χ4v) is 12.5. The van der Waals surface area contributed by atoms with E-state index in [-0.39, 0.29) is 56.4 Å². The lowest BCUT2D eigenvalue weighted by atomic mass is 9.71. The first-order chi connectivity index (χ1) is 34.2. The van der Waals surface area contributed by atoms with Gasteiger partial charge in [0.15, 0.2) is 18.4 Å². The summed E-state index contributed by atoms with van der Waals surface area (Å²) >= 11 is 0. The van der Waals surface area contributed by atoms with Crippen LogP contribution in [0.4, 0.5) is 0 Å². The Morgan fingerprint density at radius 3 is 2.21 bits per heavy atom. The smallest absolute Gasteiger partial charge is 0.340 e. The van der Waals surface area contributed by atoms with Crippen LogP contribution >= 0.6 is 0 Å². The zero-order valence-corrected chi connectivity index (χ0v) is 44.2. The molecule has 7 rings (SSSR count). The average molecular weight is 1030 g/mol. The fourth-order valence-electron chi connectivity index (χ4n) is 11.3. The van der Waals surface area contributed by atoms with Crippen molar-refractivity contribution in [2.45, 2.75) is 191 Å². The van der Waals surface area contributed by atoms with E-state index in [1.165, 1.54) is 7.11 Å².